The predicted octanol–water partition coefficient (Wildman–Crippen LogP) is 4.30. The number of sulfonamides is 1. The third-order valence-electron chi connectivity index (χ3n) is 5.76. The van der Waals surface area contributed by atoms with Gasteiger partial charge in [-0.3, -0.25) is 14.0 Å². The fraction of sp³-hybridized carbons (Fsp3) is 0.231. The SMILES string of the molecule is O=C(CN(c1ccccc1Cl)S(=O)(=O)c1ccccc1)NN=C1CCN(Cc2ccccc2)CC1. The molecule has 0 atom stereocenters. The third kappa shape index (κ3) is 6.48. The molecule has 3 aromatic carbocycles. The number of nitrogens with zero attached hydrogens (tertiary/aromatic N) is 3. The van der Waals surface area contributed by atoms with Crippen LogP contribution in [0.1, 0.15) is 18.4 Å². The van der Waals surface area contributed by atoms with Crippen molar-refractivity contribution in [3.8, 4) is 0 Å². The largest absolute Gasteiger partial charge is 0.298 e. The Bertz CT molecular complexity index is 1270. The van der Waals surface area contributed by atoms with Crippen LogP contribution in [-0.4, -0.2) is 44.6 Å². The first-order chi connectivity index (χ1) is 16.9. The molecule has 1 aliphatic heterocycles. The smallest absolute Gasteiger partial charge is 0.264 e. The van der Waals surface area contributed by atoms with Gasteiger partial charge in [-0.25, -0.2) is 13.8 Å². The second kappa shape index (κ2) is 11.5. The average molecular weight is 511 g/mol. The number of hydrogen-bond acceptors (Lipinski definition) is 5. The highest BCUT2D eigenvalue weighted by atomic mass is 35.5. The number of anilines is 1. The van der Waals surface area contributed by atoms with Crippen LogP contribution in [-0.2, 0) is 21.4 Å². The van der Waals surface area contributed by atoms with Crippen LogP contribution in [0.4, 0.5) is 5.69 Å². The molecule has 1 N–H and O–H groups in total. The number of rotatable bonds is 8. The molecule has 3 aromatic rings. The van der Waals surface area contributed by atoms with E-state index in [1.807, 2.05) is 18.2 Å². The Kier molecular flexibility index (Phi) is 8.17. The maximum atomic E-state index is 13.4. The summed E-state index contributed by atoms with van der Waals surface area (Å²) in [6.45, 7) is 2.12. The van der Waals surface area contributed by atoms with Crippen LogP contribution in [0.15, 0.2) is 94.9 Å². The van der Waals surface area contributed by atoms with Crippen molar-refractivity contribution in [2.24, 2.45) is 5.10 Å². The Morgan fingerprint density at radius 1 is 0.914 bits per heavy atom. The molecule has 182 valence electrons. The Morgan fingerprint density at radius 2 is 1.51 bits per heavy atom. The quantitative estimate of drug-likeness (QED) is 0.458. The van der Waals surface area contributed by atoms with E-state index in [2.05, 4.69) is 27.6 Å². The molecule has 1 fully saturated rings. The molecule has 35 heavy (non-hydrogen) atoms. The number of carbonyl (C=O) groups is 1. The van der Waals surface area contributed by atoms with E-state index in [0.717, 1.165) is 42.5 Å². The van der Waals surface area contributed by atoms with Crippen molar-refractivity contribution in [3.05, 3.63) is 95.5 Å². The van der Waals surface area contributed by atoms with Gasteiger partial charge in [0.1, 0.15) is 6.54 Å². The molecule has 1 aliphatic rings. The van der Waals surface area contributed by atoms with Gasteiger partial charge in [0.15, 0.2) is 0 Å². The zero-order valence-corrected chi connectivity index (χ0v) is 20.8. The second-order valence-corrected chi connectivity index (χ2v) is 10.5. The molecule has 1 saturated heterocycles. The molecule has 0 aromatic heterocycles. The van der Waals surface area contributed by atoms with Crippen molar-refractivity contribution in [1.29, 1.82) is 0 Å². The van der Waals surface area contributed by atoms with Gasteiger partial charge in [0, 0.05) is 38.2 Å². The summed E-state index contributed by atoms with van der Waals surface area (Å²) >= 11 is 6.30. The average Bonchev–Trinajstić information content (AvgIpc) is 2.88. The van der Waals surface area contributed by atoms with Crippen LogP contribution in [0.5, 0.6) is 0 Å². The summed E-state index contributed by atoms with van der Waals surface area (Å²) in [5.41, 5.74) is 4.92. The molecule has 4 rings (SSSR count). The van der Waals surface area contributed by atoms with Gasteiger partial charge in [0.25, 0.3) is 15.9 Å². The number of para-hydroxylation sites is 1. The Balaban J connectivity index is 1.42. The normalized spacial score (nSPS) is 14.4. The van der Waals surface area contributed by atoms with Crippen molar-refractivity contribution < 1.29 is 13.2 Å². The number of piperidine rings is 1. The van der Waals surface area contributed by atoms with Crippen LogP contribution < -0.4 is 9.73 Å². The number of hydrogen-bond donors (Lipinski definition) is 1. The predicted molar refractivity (Wildman–Crippen MR) is 139 cm³/mol. The van der Waals surface area contributed by atoms with Crippen molar-refractivity contribution in [1.82, 2.24) is 10.3 Å². The summed E-state index contributed by atoms with van der Waals surface area (Å²) in [6.07, 6.45) is 1.48. The fourth-order valence-corrected chi connectivity index (χ4v) is 5.65. The van der Waals surface area contributed by atoms with E-state index in [-0.39, 0.29) is 15.6 Å². The third-order valence-corrected chi connectivity index (χ3v) is 7.85. The lowest BCUT2D eigenvalue weighted by atomic mass is 10.1. The maximum absolute atomic E-state index is 13.4. The van der Waals surface area contributed by atoms with E-state index in [0.29, 0.717) is 0 Å². The summed E-state index contributed by atoms with van der Waals surface area (Å²) in [7, 11) is -4.02. The highest BCUT2D eigenvalue weighted by molar-refractivity contribution is 7.92. The highest BCUT2D eigenvalue weighted by Gasteiger charge is 2.28. The molecular weight excluding hydrogens is 484 g/mol. The number of likely N-dealkylation sites (tertiary alicyclic amines) is 1. The lowest BCUT2D eigenvalue weighted by Crippen LogP contribution is -2.40. The zero-order valence-electron chi connectivity index (χ0n) is 19.2. The molecule has 9 heteroatoms. The lowest BCUT2D eigenvalue weighted by Gasteiger charge is -2.27. The van der Waals surface area contributed by atoms with Crippen LogP contribution >= 0.6 is 11.6 Å². The van der Waals surface area contributed by atoms with Crippen LogP contribution in [0.25, 0.3) is 0 Å². The van der Waals surface area contributed by atoms with Gasteiger partial charge in [0.05, 0.1) is 15.6 Å². The molecule has 0 radical (unpaired) electrons. The van der Waals surface area contributed by atoms with Crippen molar-refractivity contribution in [2.45, 2.75) is 24.3 Å². The van der Waals surface area contributed by atoms with E-state index >= 15 is 0 Å². The first-order valence-corrected chi connectivity index (χ1v) is 13.2. The molecule has 0 saturated carbocycles. The standard InChI is InChI=1S/C26H27ClN4O3S/c27-24-13-7-8-14-25(24)31(35(33,34)23-11-5-2-6-12-23)20-26(32)29-28-22-15-17-30(18-16-22)19-21-9-3-1-4-10-21/h1-14H,15-20H2,(H,29,32). The van der Waals surface area contributed by atoms with E-state index in [1.165, 1.54) is 17.7 Å². The molecule has 1 heterocycles. The fourth-order valence-electron chi connectivity index (χ4n) is 3.90. The number of nitrogens with one attached hydrogen (secondary N) is 1. The molecule has 7 nitrogen and oxygen atoms in total. The Labute approximate surface area is 211 Å². The molecule has 1 amide bonds. The van der Waals surface area contributed by atoms with Crippen LogP contribution in [0, 0.1) is 0 Å². The summed E-state index contributed by atoms with van der Waals surface area (Å²) in [5.74, 6) is -0.538. The summed E-state index contributed by atoms with van der Waals surface area (Å²) in [4.78, 5) is 15.2. The zero-order chi connectivity index (χ0) is 24.7. The molecule has 0 bridgehead atoms. The lowest BCUT2D eigenvalue weighted by molar-refractivity contribution is -0.119. The summed E-state index contributed by atoms with van der Waals surface area (Å²) in [5, 5.41) is 4.52. The second-order valence-electron chi connectivity index (χ2n) is 8.25. The van der Waals surface area contributed by atoms with Crippen molar-refractivity contribution in [2.75, 3.05) is 23.9 Å². The van der Waals surface area contributed by atoms with E-state index in [4.69, 9.17) is 11.6 Å². The number of benzene rings is 3. The topological polar surface area (TPSA) is 82.1 Å². The van der Waals surface area contributed by atoms with Crippen LogP contribution in [0.2, 0.25) is 5.02 Å². The summed E-state index contributed by atoms with van der Waals surface area (Å²) in [6, 6.07) is 24.8. The molecular formula is C26H27ClN4O3S. The molecule has 0 aliphatic carbocycles. The first-order valence-electron chi connectivity index (χ1n) is 11.4. The van der Waals surface area contributed by atoms with Crippen LogP contribution in [0.3, 0.4) is 0 Å². The number of halogens is 1. The maximum Gasteiger partial charge on any atom is 0.264 e. The summed E-state index contributed by atoms with van der Waals surface area (Å²) < 4.78 is 27.7. The van der Waals surface area contributed by atoms with Gasteiger partial charge in [-0.2, -0.15) is 5.10 Å². The number of hydrazone groups is 1. The molecule has 0 unspecified atom stereocenters. The number of carbonyl (C=O) groups excluding carboxylic acids is 1. The van der Waals surface area contributed by atoms with Crippen molar-refractivity contribution in [3.63, 3.8) is 0 Å². The minimum atomic E-state index is -4.02. The highest BCUT2D eigenvalue weighted by Crippen LogP contribution is 2.30. The van der Waals surface area contributed by atoms with Gasteiger partial charge >= 0.3 is 0 Å². The van der Waals surface area contributed by atoms with E-state index in [9.17, 15) is 13.2 Å². The van der Waals surface area contributed by atoms with Gasteiger partial charge in [-0.1, -0.05) is 72.3 Å². The van der Waals surface area contributed by atoms with E-state index in [1.54, 1.807) is 42.5 Å². The van der Waals surface area contributed by atoms with Crippen molar-refractivity contribution >= 4 is 38.9 Å². The van der Waals surface area contributed by atoms with Gasteiger partial charge in [-0.05, 0) is 29.8 Å². The van der Waals surface area contributed by atoms with Gasteiger partial charge < -0.3 is 0 Å². The van der Waals surface area contributed by atoms with E-state index < -0.39 is 22.5 Å². The van der Waals surface area contributed by atoms with Gasteiger partial charge in [-0.15, -0.1) is 0 Å². The first kappa shape index (κ1) is 24.9. The minimum Gasteiger partial charge on any atom is -0.298 e. The molecule has 0 spiro atoms. The van der Waals surface area contributed by atoms with Gasteiger partial charge in [0.2, 0.25) is 0 Å². The Morgan fingerprint density at radius 3 is 2.17 bits per heavy atom. The number of amides is 1. The minimum absolute atomic E-state index is 0.0739. The Hall–Kier alpha value is -3.20. The monoisotopic (exact) mass is 510 g/mol.